The summed E-state index contributed by atoms with van der Waals surface area (Å²) in [7, 11) is 0. The molecule has 0 saturated heterocycles. The Bertz CT molecular complexity index is 377. The Morgan fingerprint density at radius 3 is 2.19 bits per heavy atom. The quantitative estimate of drug-likeness (QED) is 0.513. The molecule has 0 amide bonds. The summed E-state index contributed by atoms with van der Waals surface area (Å²) < 4.78 is 1.09. The minimum absolute atomic E-state index is 0.266. The van der Waals surface area contributed by atoms with Gasteiger partial charge in [-0.05, 0) is 36.1 Å². The molecule has 0 fully saturated rings. The van der Waals surface area contributed by atoms with Crippen LogP contribution in [0.2, 0.25) is 0 Å². The first-order chi connectivity index (χ1) is 7.62. The molecule has 1 aromatic carbocycles. The van der Waals surface area contributed by atoms with Crippen LogP contribution in [0.25, 0.3) is 0 Å². The van der Waals surface area contributed by atoms with Crippen molar-refractivity contribution in [3.8, 4) is 0 Å². The normalized spacial score (nSPS) is 11.9. The molecular formula is C12H16BrClN2. The molecule has 88 valence electrons. The van der Waals surface area contributed by atoms with E-state index in [1.807, 2.05) is 0 Å². The number of halogens is 2. The van der Waals surface area contributed by atoms with E-state index < -0.39 is 0 Å². The van der Waals surface area contributed by atoms with Crippen LogP contribution >= 0.6 is 27.5 Å². The molecule has 0 aromatic heterocycles. The van der Waals surface area contributed by atoms with Crippen LogP contribution in [0.15, 0.2) is 21.6 Å². The lowest BCUT2D eigenvalue weighted by Crippen LogP contribution is -2.12. The summed E-state index contributed by atoms with van der Waals surface area (Å²) in [6.07, 6.45) is 1.86. The maximum Gasteiger partial charge on any atom is 0.115 e. The first-order valence-corrected chi connectivity index (χ1v) is 6.65. The van der Waals surface area contributed by atoms with Crippen molar-refractivity contribution in [3.05, 3.63) is 27.7 Å². The maximum absolute atomic E-state index is 5.70. The van der Waals surface area contributed by atoms with E-state index in [1.165, 1.54) is 11.1 Å². The molecule has 0 aliphatic carbocycles. The lowest BCUT2D eigenvalue weighted by atomic mass is 10.0. The van der Waals surface area contributed by atoms with Gasteiger partial charge in [-0.2, -0.15) is 0 Å². The maximum atomic E-state index is 5.70. The van der Waals surface area contributed by atoms with Gasteiger partial charge in [-0.3, -0.25) is 0 Å². The zero-order valence-corrected chi connectivity index (χ0v) is 11.9. The minimum Gasteiger partial charge on any atom is -0.386 e. The van der Waals surface area contributed by atoms with Crippen LogP contribution in [0.1, 0.15) is 25.0 Å². The Morgan fingerprint density at radius 2 is 1.81 bits per heavy atom. The fourth-order valence-electron chi connectivity index (χ4n) is 1.57. The van der Waals surface area contributed by atoms with E-state index in [9.17, 15) is 0 Å². The standard InChI is InChI=1S/C12H16BrClN2/c1-3-8-5-10(13)6-9(4-2)12(8)16-11(15)7-14/h5-6H,3-4,7H2,1-2H3,(H2,15,16). The average Bonchev–Trinajstić information content (AvgIpc) is 2.30. The van der Waals surface area contributed by atoms with Gasteiger partial charge in [-0.25, -0.2) is 4.99 Å². The molecule has 16 heavy (non-hydrogen) atoms. The van der Waals surface area contributed by atoms with Gasteiger partial charge in [0.15, 0.2) is 0 Å². The summed E-state index contributed by atoms with van der Waals surface area (Å²) >= 11 is 9.17. The van der Waals surface area contributed by atoms with Crippen LogP contribution in [-0.2, 0) is 12.8 Å². The molecular weight excluding hydrogens is 288 g/mol. The molecule has 4 heteroatoms. The lowest BCUT2D eigenvalue weighted by molar-refractivity contribution is 1.07. The third-order valence-electron chi connectivity index (χ3n) is 2.39. The molecule has 0 bridgehead atoms. The van der Waals surface area contributed by atoms with Gasteiger partial charge in [0, 0.05) is 4.47 Å². The number of rotatable bonds is 4. The summed E-state index contributed by atoms with van der Waals surface area (Å²) in [5.41, 5.74) is 9.06. The molecule has 0 unspecified atom stereocenters. The zero-order valence-electron chi connectivity index (χ0n) is 9.56. The van der Waals surface area contributed by atoms with Gasteiger partial charge in [-0.15, -0.1) is 11.6 Å². The van der Waals surface area contributed by atoms with Crippen LogP contribution < -0.4 is 5.73 Å². The molecule has 0 heterocycles. The smallest absolute Gasteiger partial charge is 0.115 e. The number of hydrogen-bond donors (Lipinski definition) is 1. The van der Waals surface area contributed by atoms with E-state index in [-0.39, 0.29) is 5.88 Å². The Kier molecular flexibility index (Phi) is 5.29. The number of aliphatic imine (C=N–C) groups is 1. The topological polar surface area (TPSA) is 38.4 Å². The second-order valence-electron chi connectivity index (χ2n) is 3.52. The van der Waals surface area contributed by atoms with Gasteiger partial charge < -0.3 is 5.73 Å². The van der Waals surface area contributed by atoms with Crippen molar-refractivity contribution in [1.82, 2.24) is 0 Å². The van der Waals surface area contributed by atoms with Crippen molar-refractivity contribution >= 4 is 39.1 Å². The van der Waals surface area contributed by atoms with Crippen LogP contribution in [0.3, 0.4) is 0 Å². The second-order valence-corrected chi connectivity index (χ2v) is 4.70. The van der Waals surface area contributed by atoms with Crippen LogP contribution in [0, 0.1) is 0 Å². The summed E-state index contributed by atoms with van der Waals surface area (Å²) in [4.78, 5) is 4.40. The Hall–Kier alpha value is -0.540. The number of nitrogens with zero attached hydrogens (tertiary/aromatic N) is 1. The zero-order chi connectivity index (χ0) is 12.1. The van der Waals surface area contributed by atoms with Gasteiger partial charge >= 0.3 is 0 Å². The number of nitrogens with two attached hydrogens (primary N) is 1. The van der Waals surface area contributed by atoms with Gasteiger partial charge in [-0.1, -0.05) is 29.8 Å². The highest BCUT2D eigenvalue weighted by Crippen LogP contribution is 2.29. The summed E-state index contributed by atoms with van der Waals surface area (Å²) in [5, 5.41) is 0. The molecule has 2 nitrogen and oxygen atoms in total. The fourth-order valence-corrected chi connectivity index (χ4v) is 2.19. The van der Waals surface area contributed by atoms with Crippen molar-refractivity contribution in [3.63, 3.8) is 0 Å². The molecule has 1 rings (SSSR count). The minimum atomic E-state index is 0.266. The van der Waals surface area contributed by atoms with E-state index in [0.29, 0.717) is 5.84 Å². The monoisotopic (exact) mass is 302 g/mol. The number of amidine groups is 1. The first-order valence-electron chi connectivity index (χ1n) is 5.32. The predicted octanol–water partition coefficient (Wildman–Crippen LogP) is 3.80. The Balaban J connectivity index is 3.33. The summed E-state index contributed by atoms with van der Waals surface area (Å²) in [6.45, 7) is 4.22. The lowest BCUT2D eigenvalue weighted by Gasteiger charge is -2.10. The number of benzene rings is 1. The Labute approximate surface area is 110 Å². The van der Waals surface area contributed by atoms with E-state index in [4.69, 9.17) is 17.3 Å². The van der Waals surface area contributed by atoms with Crippen molar-refractivity contribution in [1.29, 1.82) is 0 Å². The fraction of sp³-hybridized carbons (Fsp3) is 0.417. The van der Waals surface area contributed by atoms with E-state index >= 15 is 0 Å². The molecule has 0 radical (unpaired) electrons. The molecule has 0 aliphatic rings. The van der Waals surface area contributed by atoms with Crippen molar-refractivity contribution in [2.24, 2.45) is 10.7 Å². The van der Waals surface area contributed by atoms with Gasteiger partial charge in [0.1, 0.15) is 5.84 Å². The van der Waals surface area contributed by atoms with Gasteiger partial charge in [0.05, 0.1) is 11.6 Å². The number of alkyl halides is 1. The predicted molar refractivity (Wildman–Crippen MR) is 74.9 cm³/mol. The summed E-state index contributed by atoms with van der Waals surface area (Å²) in [6, 6.07) is 4.17. The molecule has 0 aliphatic heterocycles. The third kappa shape index (κ3) is 3.22. The highest BCUT2D eigenvalue weighted by atomic mass is 79.9. The van der Waals surface area contributed by atoms with E-state index in [2.05, 4.69) is 46.9 Å². The van der Waals surface area contributed by atoms with Crippen molar-refractivity contribution in [2.75, 3.05) is 5.88 Å². The molecule has 0 atom stereocenters. The molecule has 0 spiro atoms. The number of hydrogen-bond acceptors (Lipinski definition) is 1. The second kappa shape index (κ2) is 6.26. The molecule has 2 N–H and O–H groups in total. The van der Waals surface area contributed by atoms with Gasteiger partial charge in [0.25, 0.3) is 0 Å². The van der Waals surface area contributed by atoms with E-state index in [1.54, 1.807) is 0 Å². The van der Waals surface area contributed by atoms with Crippen LogP contribution in [0.5, 0.6) is 0 Å². The average molecular weight is 304 g/mol. The Morgan fingerprint density at radius 1 is 1.31 bits per heavy atom. The molecule has 1 aromatic rings. The van der Waals surface area contributed by atoms with Gasteiger partial charge in [0.2, 0.25) is 0 Å². The van der Waals surface area contributed by atoms with Crippen LogP contribution in [0.4, 0.5) is 5.69 Å². The summed E-state index contributed by atoms with van der Waals surface area (Å²) in [5.74, 6) is 0.732. The highest BCUT2D eigenvalue weighted by molar-refractivity contribution is 9.10. The first kappa shape index (κ1) is 13.5. The van der Waals surface area contributed by atoms with Crippen molar-refractivity contribution in [2.45, 2.75) is 26.7 Å². The molecule has 0 saturated carbocycles. The van der Waals surface area contributed by atoms with Crippen LogP contribution in [-0.4, -0.2) is 11.7 Å². The largest absolute Gasteiger partial charge is 0.386 e. The van der Waals surface area contributed by atoms with Crippen molar-refractivity contribution < 1.29 is 0 Å². The third-order valence-corrected chi connectivity index (χ3v) is 3.12. The highest BCUT2D eigenvalue weighted by Gasteiger charge is 2.07. The number of aryl methyl sites for hydroxylation is 2. The SMILES string of the molecule is CCc1cc(Br)cc(CC)c1N=C(N)CCl. The van der Waals surface area contributed by atoms with E-state index in [0.717, 1.165) is 23.0 Å².